The Kier molecular flexibility index (Phi) is 5.81. The SMILES string of the molecule is CN(C)c1ccc(CCC(=O)Nc2nc(-c3ccc(F)c(F)c3)cs2)cc1. The first-order valence-electron chi connectivity index (χ1n) is 8.39. The number of carbonyl (C=O) groups excluding carboxylic acids is 1. The minimum atomic E-state index is -0.925. The van der Waals surface area contributed by atoms with Gasteiger partial charge in [0.05, 0.1) is 5.69 Å². The molecule has 0 atom stereocenters. The number of rotatable bonds is 6. The molecule has 0 radical (unpaired) electrons. The first-order chi connectivity index (χ1) is 12.9. The van der Waals surface area contributed by atoms with Gasteiger partial charge in [0.1, 0.15) is 0 Å². The minimum absolute atomic E-state index is 0.141. The molecule has 0 bridgehead atoms. The summed E-state index contributed by atoms with van der Waals surface area (Å²) in [4.78, 5) is 18.4. The van der Waals surface area contributed by atoms with Crippen LogP contribution in [0.25, 0.3) is 11.3 Å². The van der Waals surface area contributed by atoms with Crippen LogP contribution >= 0.6 is 11.3 Å². The lowest BCUT2D eigenvalue weighted by Gasteiger charge is -2.12. The smallest absolute Gasteiger partial charge is 0.226 e. The quantitative estimate of drug-likeness (QED) is 0.665. The van der Waals surface area contributed by atoms with Crippen molar-refractivity contribution < 1.29 is 13.6 Å². The van der Waals surface area contributed by atoms with Crippen molar-refractivity contribution in [3.63, 3.8) is 0 Å². The van der Waals surface area contributed by atoms with Gasteiger partial charge in [-0.15, -0.1) is 11.3 Å². The van der Waals surface area contributed by atoms with Crippen molar-refractivity contribution in [1.29, 1.82) is 0 Å². The van der Waals surface area contributed by atoms with Crippen LogP contribution in [0.3, 0.4) is 0 Å². The van der Waals surface area contributed by atoms with E-state index in [1.165, 1.54) is 17.4 Å². The molecule has 0 fully saturated rings. The molecule has 27 heavy (non-hydrogen) atoms. The van der Waals surface area contributed by atoms with Gasteiger partial charge < -0.3 is 10.2 Å². The Labute approximate surface area is 160 Å². The van der Waals surface area contributed by atoms with Crippen LogP contribution < -0.4 is 10.2 Å². The molecule has 0 aliphatic carbocycles. The van der Waals surface area contributed by atoms with Gasteiger partial charge in [-0.1, -0.05) is 12.1 Å². The summed E-state index contributed by atoms with van der Waals surface area (Å²) in [5, 5.41) is 4.88. The molecule has 0 unspecified atom stereocenters. The maximum Gasteiger partial charge on any atom is 0.226 e. The highest BCUT2D eigenvalue weighted by Gasteiger charge is 2.10. The summed E-state index contributed by atoms with van der Waals surface area (Å²) < 4.78 is 26.4. The molecule has 1 amide bonds. The highest BCUT2D eigenvalue weighted by molar-refractivity contribution is 7.14. The zero-order valence-corrected chi connectivity index (χ0v) is 15.8. The third-order valence-corrected chi connectivity index (χ3v) is 4.82. The van der Waals surface area contributed by atoms with E-state index in [1.807, 2.05) is 43.3 Å². The zero-order chi connectivity index (χ0) is 19.4. The summed E-state index contributed by atoms with van der Waals surface area (Å²) in [5.74, 6) is -1.97. The summed E-state index contributed by atoms with van der Waals surface area (Å²) in [5.41, 5.74) is 3.15. The van der Waals surface area contributed by atoms with Gasteiger partial charge in [0.2, 0.25) is 5.91 Å². The van der Waals surface area contributed by atoms with Crippen molar-refractivity contribution in [3.8, 4) is 11.3 Å². The highest BCUT2D eigenvalue weighted by atomic mass is 32.1. The monoisotopic (exact) mass is 387 g/mol. The number of carbonyl (C=O) groups is 1. The summed E-state index contributed by atoms with van der Waals surface area (Å²) in [7, 11) is 3.95. The van der Waals surface area contributed by atoms with Crippen LogP contribution in [-0.4, -0.2) is 25.0 Å². The van der Waals surface area contributed by atoms with Crippen molar-refractivity contribution in [1.82, 2.24) is 4.98 Å². The Morgan fingerprint density at radius 3 is 2.52 bits per heavy atom. The zero-order valence-electron chi connectivity index (χ0n) is 15.0. The van der Waals surface area contributed by atoms with Crippen LogP contribution in [-0.2, 0) is 11.2 Å². The second kappa shape index (κ2) is 8.26. The Bertz CT molecular complexity index is 939. The van der Waals surface area contributed by atoms with Gasteiger partial charge in [-0.2, -0.15) is 0 Å². The summed E-state index contributed by atoms with van der Waals surface area (Å²) in [6.07, 6.45) is 0.961. The Hall–Kier alpha value is -2.80. The lowest BCUT2D eigenvalue weighted by atomic mass is 10.1. The van der Waals surface area contributed by atoms with E-state index in [-0.39, 0.29) is 5.91 Å². The predicted molar refractivity (Wildman–Crippen MR) is 105 cm³/mol. The summed E-state index contributed by atoms with van der Waals surface area (Å²) >= 11 is 1.24. The molecule has 0 spiro atoms. The molecule has 0 saturated carbocycles. The van der Waals surface area contributed by atoms with Gasteiger partial charge in [-0.05, 0) is 42.3 Å². The fourth-order valence-corrected chi connectivity index (χ4v) is 3.26. The van der Waals surface area contributed by atoms with E-state index in [1.54, 1.807) is 5.38 Å². The number of amides is 1. The van der Waals surface area contributed by atoms with E-state index in [4.69, 9.17) is 0 Å². The molecule has 0 aliphatic rings. The average molecular weight is 387 g/mol. The third-order valence-electron chi connectivity index (χ3n) is 4.06. The molecule has 0 aliphatic heterocycles. The molecule has 7 heteroatoms. The number of hydrogen-bond donors (Lipinski definition) is 1. The number of thiazole rings is 1. The molecule has 140 valence electrons. The van der Waals surface area contributed by atoms with Crippen molar-refractivity contribution >= 4 is 28.1 Å². The molecule has 1 N–H and O–H groups in total. The molecule has 1 aromatic heterocycles. The van der Waals surface area contributed by atoms with Gasteiger partial charge in [-0.25, -0.2) is 13.8 Å². The Balaban J connectivity index is 1.56. The first kappa shape index (κ1) is 19.0. The number of halogens is 2. The molecule has 2 aromatic carbocycles. The molecular formula is C20H19F2N3OS. The van der Waals surface area contributed by atoms with E-state index in [0.717, 1.165) is 23.4 Å². The van der Waals surface area contributed by atoms with Gasteiger partial charge in [0.15, 0.2) is 16.8 Å². The van der Waals surface area contributed by atoms with Crippen molar-refractivity contribution in [2.24, 2.45) is 0 Å². The van der Waals surface area contributed by atoms with Crippen LogP contribution in [0.2, 0.25) is 0 Å². The highest BCUT2D eigenvalue weighted by Crippen LogP contribution is 2.26. The molecule has 4 nitrogen and oxygen atoms in total. The van der Waals surface area contributed by atoms with Gasteiger partial charge in [0.25, 0.3) is 0 Å². The fraction of sp³-hybridized carbons (Fsp3) is 0.200. The van der Waals surface area contributed by atoms with Crippen LogP contribution in [0.5, 0.6) is 0 Å². The molecule has 1 heterocycles. The van der Waals surface area contributed by atoms with Gasteiger partial charge >= 0.3 is 0 Å². The number of nitrogens with zero attached hydrogens (tertiary/aromatic N) is 2. The van der Waals surface area contributed by atoms with Crippen LogP contribution in [0, 0.1) is 11.6 Å². The van der Waals surface area contributed by atoms with Crippen LogP contribution in [0.1, 0.15) is 12.0 Å². The van der Waals surface area contributed by atoms with Gasteiger partial charge in [0, 0.05) is 37.1 Å². The average Bonchev–Trinajstić information content (AvgIpc) is 3.11. The first-order valence-corrected chi connectivity index (χ1v) is 9.27. The second-order valence-corrected chi connectivity index (χ2v) is 7.13. The Morgan fingerprint density at radius 1 is 1.11 bits per heavy atom. The van der Waals surface area contributed by atoms with E-state index in [0.29, 0.717) is 29.2 Å². The maximum atomic E-state index is 13.3. The molecule has 3 rings (SSSR count). The van der Waals surface area contributed by atoms with Crippen molar-refractivity contribution in [2.45, 2.75) is 12.8 Å². The standard InChI is InChI=1S/C20H19F2N3OS/c1-25(2)15-7-3-13(4-8-15)5-10-19(26)24-20-23-18(12-27-20)14-6-9-16(21)17(22)11-14/h3-4,6-9,11-12H,5,10H2,1-2H3,(H,23,24,26). The number of anilines is 2. The lowest BCUT2D eigenvalue weighted by molar-refractivity contribution is -0.116. The van der Waals surface area contributed by atoms with E-state index >= 15 is 0 Å². The predicted octanol–water partition coefficient (Wildman–Crippen LogP) is 4.73. The van der Waals surface area contributed by atoms with Crippen LogP contribution in [0.4, 0.5) is 19.6 Å². The van der Waals surface area contributed by atoms with Crippen molar-refractivity contribution in [3.05, 3.63) is 65.0 Å². The summed E-state index contributed by atoms with van der Waals surface area (Å²) in [6, 6.07) is 11.7. The molecular weight excluding hydrogens is 368 g/mol. The van der Waals surface area contributed by atoms with E-state index in [2.05, 4.69) is 10.3 Å². The fourth-order valence-electron chi connectivity index (χ4n) is 2.52. The minimum Gasteiger partial charge on any atom is -0.378 e. The largest absolute Gasteiger partial charge is 0.378 e. The molecule has 0 saturated heterocycles. The molecule has 3 aromatic rings. The number of aromatic nitrogens is 1. The second-order valence-electron chi connectivity index (χ2n) is 6.28. The van der Waals surface area contributed by atoms with Crippen molar-refractivity contribution in [2.75, 3.05) is 24.3 Å². The van der Waals surface area contributed by atoms with Gasteiger partial charge in [-0.3, -0.25) is 4.79 Å². The van der Waals surface area contributed by atoms with Crippen LogP contribution in [0.15, 0.2) is 47.8 Å². The topological polar surface area (TPSA) is 45.2 Å². The lowest BCUT2D eigenvalue weighted by Crippen LogP contribution is -2.12. The Morgan fingerprint density at radius 2 is 1.85 bits per heavy atom. The summed E-state index contributed by atoms with van der Waals surface area (Å²) in [6.45, 7) is 0. The number of hydrogen-bond acceptors (Lipinski definition) is 4. The maximum absolute atomic E-state index is 13.3. The number of benzene rings is 2. The normalized spacial score (nSPS) is 10.7. The third kappa shape index (κ3) is 4.89. The number of nitrogens with one attached hydrogen (secondary N) is 1. The van der Waals surface area contributed by atoms with E-state index in [9.17, 15) is 13.6 Å². The number of aryl methyl sites for hydroxylation is 1. The van der Waals surface area contributed by atoms with E-state index < -0.39 is 11.6 Å².